The maximum Gasteiger partial charge on any atom is 0.0638 e. The molecule has 144 valence electrons. The van der Waals surface area contributed by atoms with Crippen LogP contribution in [-0.2, 0) is 5.41 Å². The Hall–Kier alpha value is -3.38. The highest BCUT2D eigenvalue weighted by Gasteiger charge is 2.44. The van der Waals surface area contributed by atoms with Gasteiger partial charge in [0.15, 0.2) is 0 Å². The highest BCUT2D eigenvalue weighted by molar-refractivity contribution is 5.85. The number of rotatable bonds is 2. The minimum absolute atomic E-state index is 0.272. The van der Waals surface area contributed by atoms with Crippen LogP contribution in [0.3, 0.4) is 0 Å². The Bertz CT molecular complexity index is 1250. The second kappa shape index (κ2) is 6.31. The van der Waals surface area contributed by atoms with E-state index in [1.54, 1.807) is 0 Å². The van der Waals surface area contributed by atoms with E-state index in [-0.39, 0.29) is 5.41 Å². The van der Waals surface area contributed by atoms with Crippen molar-refractivity contribution in [3.05, 3.63) is 142 Å². The molecule has 1 atom stereocenters. The van der Waals surface area contributed by atoms with E-state index in [2.05, 4.69) is 117 Å². The Kier molecular flexibility index (Phi) is 3.67. The van der Waals surface area contributed by atoms with Crippen LogP contribution >= 0.6 is 0 Å². The third kappa shape index (κ3) is 2.22. The fourth-order valence-electron chi connectivity index (χ4n) is 5.72. The van der Waals surface area contributed by atoms with Crippen LogP contribution in [0.15, 0.2) is 103 Å². The van der Waals surface area contributed by atoms with Gasteiger partial charge in [-0.05, 0) is 58.4 Å². The van der Waals surface area contributed by atoms with E-state index >= 15 is 0 Å². The molecule has 0 N–H and O–H groups in total. The van der Waals surface area contributed by atoms with Crippen LogP contribution < -0.4 is 0 Å². The smallest absolute Gasteiger partial charge is 0.0638 e. The van der Waals surface area contributed by atoms with Gasteiger partial charge in [0.25, 0.3) is 0 Å². The molecule has 0 nitrogen and oxygen atoms in total. The molecule has 0 saturated carbocycles. The van der Waals surface area contributed by atoms with Crippen molar-refractivity contribution in [1.29, 1.82) is 0 Å². The van der Waals surface area contributed by atoms with E-state index in [0.29, 0.717) is 5.92 Å². The van der Waals surface area contributed by atoms with Gasteiger partial charge in [-0.25, -0.2) is 0 Å². The van der Waals surface area contributed by atoms with Crippen molar-refractivity contribution in [2.75, 3.05) is 0 Å². The number of allylic oxidation sites excluding steroid dienone is 2. The first-order valence-corrected chi connectivity index (χ1v) is 10.8. The van der Waals surface area contributed by atoms with Gasteiger partial charge in [0.2, 0.25) is 0 Å². The first kappa shape index (κ1) is 17.5. The minimum atomic E-state index is -0.272. The topological polar surface area (TPSA) is 0 Å². The molecule has 4 aromatic carbocycles. The van der Waals surface area contributed by atoms with E-state index in [0.717, 1.165) is 0 Å². The number of hydrogen-bond acceptors (Lipinski definition) is 0. The lowest BCUT2D eigenvalue weighted by atomic mass is 9.62. The maximum absolute atomic E-state index is 2.47. The lowest BCUT2D eigenvalue weighted by Gasteiger charge is -2.40. The summed E-state index contributed by atoms with van der Waals surface area (Å²) in [6, 6.07) is 33.6. The highest BCUT2D eigenvalue weighted by Crippen LogP contribution is 2.56. The van der Waals surface area contributed by atoms with Crippen LogP contribution in [0, 0.1) is 13.8 Å². The van der Waals surface area contributed by atoms with Gasteiger partial charge in [-0.2, -0.15) is 0 Å². The second-order valence-electron chi connectivity index (χ2n) is 8.69. The van der Waals surface area contributed by atoms with Crippen LogP contribution in [0.2, 0.25) is 0 Å². The number of aryl methyl sites for hydroxylation is 2. The summed E-state index contributed by atoms with van der Waals surface area (Å²) in [5.41, 5.74) is 12.3. The molecule has 2 aliphatic carbocycles. The summed E-state index contributed by atoms with van der Waals surface area (Å²) in [7, 11) is 0. The van der Waals surface area contributed by atoms with Crippen LogP contribution in [0.1, 0.15) is 44.9 Å². The minimum Gasteiger partial charge on any atom is -0.0750 e. The molecule has 0 radical (unpaired) electrons. The lowest BCUT2D eigenvalue weighted by molar-refractivity contribution is 0.728. The molecule has 0 fully saturated rings. The van der Waals surface area contributed by atoms with Crippen molar-refractivity contribution in [3.63, 3.8) is 0 Å². The summed E-state index contributed by atoms with van der Waals surface area (Å²) in [4.78, 5) is 0. The standard InChI is InChI=1S/C30H24/c1-20-13-15-24-25-16-14-21(2)29-28(25)26(27(24)19-20)17-18-30(29,22-9-5-3-6-10-22)23-11-7-4-8-12-23/h3-19,26H,1-2H3. The fraction of sp³-hybridized carbons (Fsp3) is 0.133. The molecule has 4 aromatic rings. The van der Waals surface area contributed by atoms with Gasteiger partial charge >= 0.3 is 0 Å². The van der Waals surface area contributed by atoms with Crippen molar-refractivity contribution < 1.29 is 0 Å². The Morgan fingerprint density at radius 1 is 0.667 bits per heavy atom. The van der Waals surface area contributed by atoms with Crippen molar-refractivity contribution in [3.8, 4) is 11.1 Å². The molecule has 0 spiro atoms. The van der Waals surface area contributed by atoms with Gasteiger partial charge in [-0.3, -0.25) is 0 Å². The van der Waals surface area contributed by atoms with Crippen LogP contribution in [0.5, 0.6) is 0 Å². The largest absolute Gasteiger partial charge is 0.0750 e. The summed E-state index contributed by atoms with van der Waals surface area (Å²) >= 11 is 0. The van der Waals surface area contributed by atoms with Gasteiger partial charge in [-0.15, -0.1) is 0 Å². The van der Waals surface area contributed by atoms with Gasteiger partial charge < -0.3 is 0 Å². The average Bonchev–Trinajstić information content (AvgIpc) is 3.11. The fourth-order valence-corrected chi connectivity index (χ4v) is 5.72. The zero-order chi connectivity index (χ0) is 20.3. The second-order valence-corrected chi connectivity index (χ2v) is 8.69. The number of hydrogen-bond donors (Lipinski definition) is 0. The molecule has 0 aromatic heterocycles. The third-order valence-electron chi connectivity index (χ3n) is 6.99. The average molecular weight is 385 g/mol. The van der Waals surface area contributed by atoms with Gasteiger partial charge in [0, 0.05) is 5.92 Å². The zero-order valence-electron chi connectivity index (χ0n) is 17.4. The molecule has 0 heteroatoms. The molecule has 0 amide bonds. The van der Waals surface area contributed by atoms with Crippen LogP contribution in [-0.4, -0.2) is 0 Å². The maximum atomic E-state index is 2.47. The molecule has 6 rings (SSSR count). The monoisotopic (exact) mass is 384 g/mol. The first-order chi connectivity index (χ1) is 14.7. The highest BCUT2D eigenvalue weighted by atomic mass is 14.5. The van der Waals surface area contributed by atoms with Gasteiger partial charge in [0.05, 0.1) is 5.41 Å². The van der Waals surface area contributed by atoms with E-state index < -0.39 is 0 Å². The molecule has 1 unspecified atom stereocenters. The SMILES string of the molecule is Cc1ccc2c(c1)C1C=CC(c3ccccc3)(c3ccccc3)c3c(C)ccc-2c31. The first-order valence-electron chi connectivity index (χ1n) is 10.8. The number of fused-ring (bicyclic) bond motifs is 3. The lowest BCUT2D eigenvalue weighted by Crippen LogP contribution is -2.32. The van der Waals surface area contributed by atoms with E-state index in [1.807, 2.05) is 0 Å². The summed E-state index contributed by atoms with van der Waals surface area (Å²) in [6.07, 6.45) is 4.93. The molecule has 0 bridgehead atoms. The molecular formula is C30H24. The number of benzene rings is 4. The molecule has 0 heterocycles. The van der Waals surface area contributed by atoms with Gasteiger partial charge in [0.1, 0.15) is 0 Å². The van der Waals surface area contributed by atoms with Crippen molar-refractivity contribution in [1.82, 2.24) is 0 Å². The Morgan fingerprint density at radius 3 is 1.97 bits per heavy atom. The van der Waals surface area contributed by atoms with E-state index in [4.69, 9.17) is 0 Å². The molecular weight excluding hydrogens is 360 g/mol. The predicted octanol–water partition coefficient (Wildman–Crippen LogP) is 7.32. The van der Waals surface area contributed by atoms with Crippen molar-refractivity contribution in [2.45, 2.75) is 25.2 Å². The Balaban J connectivity index is 1.74. The zero-order valence-corrected chi connectivity index (χ0v) is 17.4. The third-order valence-corrected chi connectivity index (χ3v) is 6.99. The van der Waals surface area contributed by atoms with Crippen molar-refractivity contribution in [2.24, 2.45) is 0 Å². The van der Waals surface area contributed by atoms with Crippen molar-refractivity contribution >= 4 is 0 Å². The van der Waals surface area contributed by atoms with Crippen LogP contribution in [0.4, 0.5) is 0 Å². The summed E-state index contributed by atoms with van der Waals surface area (Å²) in [5.74, 6) is 0.338. The normalized spacial score (nSPS) is 17.5. The summed E-state index contributed by atoms with van der Waals surface area (Å²) < 4.78 is 0. The Morgan fingerprint density at radius 2 is 1.30 bits per heavy atom. The molecule has 0 saturated heterocycles. The summed E-state index contributed by atoms with van der Waals surface area (Å²) in [5, 5.41) is 0. The van der Waals surface area contributed by atoms with E-state index in [9.17, 15) is 0 Å². The molecule has 0 aliphatic heterocycles. The van der Waals surface area contributed by atoms with E-state index in [1.165, 1.54) is 50.1 Å². The summed E-state index contributed by atoms with van der Waals surface area (Å²) in [6.45, 7) is 4.47. The predicted molar refractivity (Wildman–Crippen MR) is 125 cm³/mol. The van der Waals surface area contributed by atoms with Gasteiger partial charge in [-0.1, -0.05) is 109 Å². The Labute approximate surface area is 178 Å². The molecule has 2 aliphatic rings. The molecule has 30 heavy (non-hydrogen) atoms. The van der Waals surface area contributed by atoms with Crippen LogP contribution in [0.25, 0.3) is 11.1 Å². The quantitative estimate of drug-likeness (QED) is 0.318.